The molecule has 0 spiro atoms. The van der Waals surface area contributed by atoms with E-state index < -0.39 is 12.1 Å². The number of thiazole rings is 1. The summed E-state index contributed by atoms with van der Waals surface area (Å²) in [5.74, 6) is -1.98. The van der Waals surface area contributed by atoms with Crippen molar-refractivity contribution in [2.24, 2.45) is 0 Å². The first-order valence-electron chi connectivity index (χ1n) is 7.52. The molecule has 1 saturated heterocycles. The number of halogens is 3. The molecule has 1 fully saturated rings. The SMILES string of the molecule is COc1cncc(-c2cnc(N3CCNCC3)s2)c1.O=C(O)C(F)(F)F. The average Bonchev–Trinajstić information content (AvgIpc) is 3.12. The van der Waals surface area contributed by atoms with Crippen molar-refractivity contribution < 1.29 is 27.8 Å². The van der Waals surface area contributed by atoms with Crippen molar-refractivity contribution in [1.29, 1.82) is 0 Å². The molecular weight excluding hydrogens is 373 g/mol. The van der Waals surface area contributed by atoms with Crippen LogP contribution in [-0.4, -0.2) is 60.5 Å². The Morgan fingerprint density at radius 1 is 1.31 bits per heavy atom. The number of rotatable bonds is 3. The largest absolute Gasteiger partial charge is 0.495 e. The van der Waals surface area contributed by atoms with Gasteiger partial charge in [0.2, 0.25) is 0 Å². The number of pyridine rings is 1. The number of aliphatic carboxylic acids is 1. The highest BCUT2D eigenvalue weighted by molar-refractivity contribution is 7.18. The third-order valence-corrected chi connectivity index (χ3v) is 4.46. The first kappa shape index (κ1) is 19.9. The standard InChI is InChI=1S/C13H16N4OS.C2HF3O2/c1-18-11-6-10(7-15-8-11)12-9-16-13(19-12)17-4-2-14-3-5-17;3-2(4,5)1(6)7/h6-9,14H,2-5H2,1H3;(H,6,7). The molecule has 3 rings (SSSR count). The predicted molar refractivity (Wildman–Crippen MR) is 90.7 cm³/mol. The first-order valence-corrected chi connectivity index (χ1v) is 8.34. The minimum absolute atomic E-state index is 0.773. The number of ether oxygens (including phenoxy) is 1. The van der Waals surface area contributed by atoms with E-state index in [-0.39, 0.29) is 0 Å². The Morgan fingerprint density at radius 3 is 2.54 bits per heavy atom. The van der Waals surface area contributed by atoms with Gasteiger partial charge in [-0.15, -0.1) is 0 Å². The molecule has 1 aliphatic heterocycles. The smallest absolute Gasteiger partial charge is 0.490 e. The molecule has 0 radical (unpaired) electrons. The lowest BCUT2D eigenvalue weighted by Crippen LogP contribution is -2.43. The molecule has 7 nitrogen and oxygen atoms in total. The molecule has 11 heteroatoms. The van der Waals surface area contributed by atoms with E-state index in [1.807, 2.05) is 18.5 Å². The number of nitrogens with one attached hydrogen (secondary N) is 1. The van der Waals surface area contributed by atoms with E-state index in [0.717, 1.165) is 47.5 Å². The van der Waals surface area contributed by atoms with Crippen LogP contribution in [-0.2, 0) is 4.79 Å². The van der Waals surface area contributed by atoms with E-state index in [9.17, 15) is 13.2 Å². The Morgan fingerprint density at radius 2 is 1.96 bits per heavy atom. The van der Waals surface area contributed by atoms with Crippen LogP contribution >= 0.6 is 11.3 Å². The number of carboxylic acid groups (broad SMARTS) is 1. The molecule has 2 aromatic heterocycles. The quantitative estimate of drug-likeness (QED) is 0.831. The molecule has 0 unspecified atom stereocenters. The average molecular weight is 390 g/mol. The van der Waals surface area contributed by atoms with Gasteiger partial charge in [0.25, 0.3) is 0 Å². The molecule has 142 valence electrons. The van der Waals surface area contributed by atoms with Gasteiger partial charge in [-0.05, 0) is 6.07 Å². The summed E-state index contributed by atoms with van der Waals surface area (Å²) in [5, 5.41) is 11.6. The fourth-order valence-electron chi connectivity index (χ4n) is 2.07. The molecule has 0 bridgehead atoms. The molecule has 0 amide bonds. The summed E-state index contributed by atoms with van der Waals surface area (Å²) >= 11 is 1.70. The van der Waals surface area contributed by atoms with Crippen molar-refractivity contribution in [3.05, 3.63) is 24.7 Å². The highest BCUT2D eigenvalue weighted by Crippen LogP contribution is 2.32. The maximum atomic E-state index is 10.6. The van der Waals surface area contributed by atoms with Gasteiger partial charge in [-0.1, -0.05) is 11.3 Å². The van der Waals surface area contributed by atoms with Crippen LogP contribution < -0.4 is 15.0 Å². The van der Waals surface area contributed by atoms with Gasteiger partial charge in [-0.25, -0.2) is 9.78 Å². The van der Waals surface area contributed by atoms with Crippen molar-refractivity contribution in [3.8, 4) is 16.2 Å². The van der Waals surface area contributed by atoms with Crippen LogP contribution in [0.2, 0.25) is 0 Å². The van der Waals surface area contributed by atoms with Crippen LogP contribution in [0.25, 0.3) is 10.4 Å². The Labute approximate surface area is 151 Å². The lowest BCUT2D eigenvalue weighted by molar-refractivity contribution is -0.192. The van der Waals surface area contributed by atoms with Crippen molar-refractivity contribution in [2.45, 2.75) is 6.18 Å². The summed E-state index contributed by atoms with van der Waals surface area (Å²) in [6.07, 6.45) is 0.387. The van der Waals surface area contributed by atoms with Gasteiger partial charge in [0.15, 0.2) is 5.13 Å². The summed E-state index contributed by atoms with van der Waals surface area (Å²) in [7, 11) is 1.65. The number of hydrogen-bond donors (Lipinski definition) is 2. The molecule has 2 N–H and O–H groups in total. The summed E-state index contributed by atoms with van der Waals surface area (Å²) in [6, 6.07) is 1.99. The Balaban J connectivity index is 0.000000298. The number of nitrogens with zero attached hydrogens (tertiary/aromatic N) is 3. The zero-order chi connectivity index (χ0) is 19.2. The second-order valence-corrected chi connectivity index (χ2v) is 6.17. The fourth-order valence-corrected chi connectivity index (χ4v) is 3.01. The summed E-state index contributed by atoms with van der Waals surface area (Å²) in [5.41, 5.74) is 1.05. The summed E-state index contributed by atoms with van der Waals surface area (Å²) < 4.78 is 36.9. The number of methoxy groups -OCH3 is 1. The van der Waals surface area contributed by atoms with Crippen molar-refractivity contribution >= 4 is 22.4 Å². The molecule has 3 heterocycles. The van der Waals surface area contributed by atoms with Crippen LogP contribution in [0.1, 0.15) is 0 Å². The van der Waals surface area contributed by atoms with Gasteiger partial charge < -0.3 is 20.1 Å². The minimum atomic E-state index is -5.08. The van der Waals surface area contributed by atoms with Gasteiger partial charge in [0, 0.05) is 44.1 Å². The lowest BCUT2D eigenvalue weighted by Gasteiger charge is -2.26. The second kappa shape index (κ2) is 8.81. The van der Waals surface area contributed by atoms with Crippen LogP contribution in [0, 0.1) is 0 Å². The van der Waals surface area contributed by atoms with Crippen LogP contribution in [0.3, 0.4) is 0 Å². The van der Waals surface area contributed by atoms with E-state index >= 15 is 0 Å². The Hall–Kier alpha value is -2.40. The van der Waals surface area contributed by atoms with Crippen LogP contribution in [0.15, 0.2) is 24.7 Å². The summed E-state index contributed by atoms with van der Waals surface area (Å²) in [4.78, 5) is 21.0. The zero-order valence-electron chi connectivity index (χ0n) is 13.8. The lowest BCUT2D eigenvalue weighted by atomic mass is 10.2. The first-order chi connectivity index (χ1) is 12.3. The van der Waals surface area contributed by atoms with Crippen LogP contribution in [0.5, 0.6) is 5.75 Å². The van der Waals surface area contributed by atoms with Gasteiger partial charge in [-0.3, -0.25) is 4.98 Å². The highest BCUT2D eigenvalue weighted by Gasteiger charge is 2.38. The zero-order valence-corrected chi connectivity index (χ0v) is 14.6. The maximum absolute atomic E-state index is 10.6. The number of alkyl halides is 3. The van der Waals surface area contributed by atoms with E-state index in [1.165, 1.54) is 0 Å². The molecular formula is C15H17F3N4O3S. The monoisotopic (exact) mass is 390 g/mol. The van der Waals surface area contributed by atoms with E-state index in [1.54, 1.807) is 24.6 Å². The second-order valence-electron chi connectivity index (χ2n) is 5.16. The molecule has 1 aliphatic rings. The van der Waals surface area contributed by atoms with E-state index in [4.69, 9.17) is 14.6 Å². The number of carboxylic acids is 1. The maximum Gasteiger partial charge on any atom is 0.490 e. The Kier molecular flexibility index (Phi) is 6.75. The fraction of sp³-hybridized carbons (Fsp3) is 0.400. The van der Waals surface area contributed by atoms with Gasteiger partial charge in [-0.2, -0.15) is 13.2 Å². The third-order valence-electron chi connectivity index (χ3n) is 3.36. The Bertz CT molecular complexity index is 733. The van der Waals surface area contributed by atoms with E-state index in [0.29, 0.717) is 0 Å². The molecule has 0 atom stereocenters. The molecule has 0 aliphatic carbocycles. The highest BCUT2D eigenvalue weighted by atomic mass is 32.1. The normalized spacial score (nSPS) is 14.4. The molecule has 2 aromatic rings. The predicted octanol–water partition coefficient (Wildman–Crippen LogP) is 2.26. The van der Waals surface area contributed by atoms with Crippen molar-refractivity contribution in [2.75, 3.05) is 38.2 Å². The number of piperazine rings is 1. The minimum Gasteiger partial charge on any atom is -0.495 e. The summed E-state index contributed by atoms with van der Waals surface area (Å²) in [6.45, 7) is 4.08. The molecule has 0 saturated carbocycles. The molecule has 26 heavy (non-hydrogen) atoms. The molecule has 0 aromatic carbocycles. The number of carbonyl (C=O) groups is 1. The van der Waals surface area contributed by atoms with E-state index in [2.05, 4.69) is 20.2 Å². The topological polar surface area (TPSA) is 87.6 Å². The van der Waals surface area contributed by atoms with Crippen LogP contribution in [0.4, 0.5) is 18.3 Å². The number of anilines is 1. The third kappa shape index (κ3) is 5.56. The van der Waals surface area contributed by atoms with Gasteiger partial charge in [0.1, 0.15) is 5.75 Å². The number of aromatic nitrogens is 2. The van der Waals surface area contributed by atoms with Gasteiger partial charge >= 0.3 is 12.1 Å². The number of hydrogen-bond acceptors (Lipinski definition) is 7. The van der Waals surface area contributed by atoms with Crippen molar-refractivity contribution in [1.82, 2.24) is 15.3 Å². The van der Waals surface area contributed by atoms with Gasteiger partial charge in [0.05, 0.1) is 18.2 Å². The van der Waals surface area contributed by atoms with Crippen molar-refractivity contribution in [3.63, 3.8) is 0 Å².